The van der Waals surface area contributed by atoms with E-state index in [0.717, 1.165) is 16.2 Å². The number of thiophene rings is 1. The molecule has 0 fully saturated rings. The van der Waals surface area contributed by atoms with E-state index in [2.05, 4.69) is 5.32 Å². The molecule has 1 atom stereocenters. The summed E-state index contributed by atoms with van der Waals surface area (Å²) in [6, 6.07) is 1.13. The predicted molar refractivity (Wildman–Crippen MR) is 70.3 cm³/mol. The van der Waals surface area contributed by atoms with Crippen molar-refractivity contribution >= 4 is 11.3 Å². The van der Waals surface area contributed by atoms with Gasteiger partial charge in [0.05, 0.1) is 6.04 Å². The lowest BCUT2D eigenvalue weighted by molar-refractivity contribution is -0.292. The van der Waals surface area contributed by atoms with Gasteiger partial charge in [0.25, 0.3) is 0 Å². The number of aryl methyl sites for hydroxylation is 1. The largest absolute Gasteiger partial charge is 0.402 e. The molecule has 8 heteroatoms. The van der Waals surface area contributed by atoms with E-state index in [4.69, 9.17) is 0 Å². The van der Waals surface area contributed by atoms with Crippen LogP contribution in [0.15, 0.2) is 12.1 Å². The second kappa shape index (κ2) is 7.00. The van der Waals surface area contributed by atoms with Crippen LogP contribution in [0, 0.1) is 5.92 Å². The van der Waals surface area contributed by atoms with E-state index in [-0.39, 0.29) is 11.4 Å². The maximum absolute atomic E-state index is 12.9. The summed E-state index contributed by atoms with van der Waals surface area (Å²) in [5.74, 6) is -3.40. The summed E-state index contributed by atoms with van der Waals surface area (Å²) >= 11 is 0.989. The van der Waals surface area contributed by atoms with E-state index >= 15 is 0 Å². The van der Waals surface area contributed by atoms with Crippen molar-refractivity contribution in [3.63, 3.8) is 0 Å². The summed E-state index contributed by atoms with van der Waals surface area (Å²) in [4.78, 5) is 0.830. The number of hydrogen-bond acceptors (Lipinski definition) is 2. The van der Waals surface area contributed by atoms with Crippen LogP contribution in [0.5, 0.6) is 0 Å². The quantitative estimate of drug-likeness (QED) is 0.715. The summed E-state index contributed by atoms with van der Waals surface area (Å²) in [6.07, 6.45) is -9.67. The van der Waals surface area contributed by atoms with Crippen molar-refractivity contribution in [1.82, 2.24) is 5.32 Å². The van der Waals surface area contributed by atoms with Crippen LogP contribution in [0.2, 0.25) is 0 Å². The predicted octanol–water partition coefficient (Wildman–Crippen LogP) is 5.09. The lowest BCUT2D eigenvalue weighted by Gasteiger charge is -2.30. The Balaban J connectivity index is 3.20. The Bertz CT molecular complexity index is 423. The summed E-state index contributed by atoms with van der Waals surface area (Å²) in [7, 11) is 0. The highest BCUT2D eigenvalue weighted by Crippen LogP contribution is 2.47. The van der Waals surface area contributed by atoms with E-state index in [1.807, 2.05) is 0 Å². The lowest BCUT2D eigenvalue weighted by atomic mass is 9.96. The van der Waals surface area contributed by atoms with Crippen LogP contribution in [0.4, 0.5) is 26.3 Å². The van der Waals surface area contributed by atoms with Gasteiger partial charge in [-0.05, 0) is 31.5 Å². The Hall–Kier alpha value is -0.760. The molecule has 0 radical (unpaired) electrons. The zero-order valence-corrected chi connectivity index (χ0v) is 12.4. The molecule has 0 bridgehead atoms. The van der Waals surface area contributed by atoms with Gasteiger partial charge in [0.15, 0.2) is 5.92 Å². The minimum Gasteiger partial charge on any atom is -0.308 e. The number of rotatable bonds is 6. The number of nitrogens with one attached hydrogen (secondary N) is 1. The van der Waals surface area contributed by atoms with Gasteiger partial charge in [-0.2, -0.15) is 26.3 Å². The van der Waals surface area contributed by atoms with Crippen molar-refractivity contribution in [2.24, 2.45) is 5.92 Å². The van der Waals surface area contributed by atoms with Crippen molar-refractivity contribution < 1.29 is 26.3 Å². The second-order valence-electron chi connectivity index (χ2n) is 4.65. The molecule has 1 nitrogen and oxygen atoms in total. The SMILES string of the molecule is CCCNC(c1ccc(CC)s1)C(C(F)(F)F)C(F)(F)F. The molecule has 1 aromatic heterocycles. The Labute approximate surface area is 123 Å². The van der Waals surface area contributed by atoms with E-state index in [1.165, 1.54) is 6.07 Å². The minimum absolute atomic E-state index is 0.0694. The van der Waals surface area contributed by atoms with Crippen molar-refractivity contribution in [3.8, 4) is 0 Å². The number of halogens is 6. The molecular weight excluding hydrogens is 316 g/mol. The van der Waals surface area contributed by atoms with Gasteiger partial charge in [0.1, 0.15) is 0 Å². The molecule has 1 aromatic rings. The highest BCUT2D eigenvalue weighted by molar-refractivity contribution is 7.12. The average molecular weight is 333 g/mol. The minimum atomic E-state index is -5.35. The van der Waals surface area contributed by atoms with Crippen LogP contribution in [0.3, 0.4) is 0 Å². The van der Waals surface area contributed by atoms with E-state index < -0.39 is 24.3 Å². The van der Waals surface area contributed by atoms with Gasteiger partial charge in [0, 0.05) is 9.75 Å². The van der Waals surface area contributed by atoms with Gasteiger partial charge >= 0.3 is 12.4 Å². The Morgan fingerprint density at radius 2 is 1.62 bits per heavy atom. The van der Waals surface area contributed by atoms with Crippen LogP contribution >= 0.6 is 11.3 Å². The number of alkyl halides is 6. The lowest BCUT2D eigenvalue weighted by Crippen LogP contribution is -2.45. The van der Waals surface area contributed by atoms with Gasteiger partial charge in [-0.25, -0.2) is 0 Å². The summed E-state index contributed by atoms with van der Waals surface area (Å²) in [5.41, 5.74) is 0. The molecule has 0 saturated heterocycles. The van der Waals surface area contributed by atoms with Crippen LogP contribution < -0.4 is 5.32 Å². The van der Waals surface area contributed by atoms with Crippen LogP contribution in [-0.2, 0) is 6.42 Å². The van der Waals surface area contributed by atoms with E-state index in [0.29, 0.717) is 12.8 Å². The van der Waals surface area contributed by atoms with Crippen molar-refractivity contribution in [3.05, 3.63) is 21.9 Å². The van der Waals surface area contributed by atoms with Gasteiger partial charge in [-0.15, -0.1) is 11.3 Å². The fourth-order valence-corrected chi connectivity index (χ4v) is 3.06. The molecule has 1 unspecified atom stereocenters. The molecular formula is C13H17F6NS. The number of hydrogen-bond donors (Lipinski definition) is 1. The maximum atomic E-state index is 12.9. The third-order valence-corrected chi connectivity index (χ3v) is 4.30. The Kier molecular flexibility index (Phi) is 6.10. The molecule has 0 aliphatic heterocycles. The van der Waals surface area contributed by atoms with Crippen molar-refractivity contribution in [2.45, 2.75) is 45.1 Å². The van der Waals surface area contributed by atoms with Crippen LogP contribution in [-0.4, -0.2) is 18.9 Å². The second-order valence-corrected chi connectivity index (χ2v) is 5.85. The molecule has 1 heterocycles. The van der Waals surface area contributed by atoms with Crippen molar-refractivity contribution in [1.29, 1.82) is 0 Å². The Morgan fingerprint density at radius 3 is 2.00 bits per heavy atom. The first kappa shape index (κ1) is 18.3. The molecule has 21 heavy (non-hydrogen) atoms. The monoisotopic (exact) mass is 333 g/mol. The third-order valence-electron chi connectivity index (χ3n) is 2.99. The van der Waals surface area contributed by atoms with Gasteiger partial charge < -0.3 is 5.32 Å². The average Bonchev–Trinajstić information content (AvgIpc) is 2.79. The molecule has 0 aliphatic rings. The zero-order valence-electron chi connectivity index (χ0n) is 11.6. The van der Waals surface area contributed by atoms with Crippen LogP contribution in [0.1, 0.15) is 36.1 Å². The normalized spacial score (nSPS) is 14.7. The molecule has 0 aromatic carbocycles. The molecule has 0 aliphatic carbocycles. The van der Waals surface area contributed by atoms with E-state index in [1.54, 1.807) is 19.9 Å². The highest BCUT2D eigenvalue weighted by Gasteiger charge is 2.60. The standard InChI is InChI=1S/C13H17F6NS/c1-3-7-20-10(9-6-5-8(4-2)21-9)11(12(14,15)16)13(17,18)19/h5-6,10-11,20H,3-4,7H2,1-2H3. The molecule has 122 valence electrons. The van der Waals surface area contributed by atoms with Gasteiger partial charge in [-0.1, -0.05) is 13.8 Å². The van der Waals surface area contributed by atoms with Crippen LogP contribution in [0.25, 0.3) is 0 Å². The zero-order chi connectivity index (χ0) is 16.3. The first-order valence-electron chi connectivity index (χ1n) is 6.56. The third kappa shape index (κ3) is 4.88. The fraction of sp³-hybridized carbons (Fsp3) is 0.692. The maximum Gasteiger partial charge on any atom is 0.402 e. The fourth-order valence-electron chi connectivity index (χ4n) is 2.00. The summed E-state index contributed by atoms with van der Waals surface area (Å²) in [5, 5.41) is 2.41. The first-order valence-corrected chi connectivity index (χ1v) is 7.38. The summed E-state index contributed by atoms with van der Waals surface area (Å²) < 4.78 is 77.5. The first-order chi connectivity index (χ1) is 9.61. The molecule has 0 amide bonds. The van der Waals surface area contributed by atoms with Crippen molar-refractivity contribution in [2.75, 3.05) is 6.54 Å². The molecule has 0 saturated carbocycles. The molecule has 1 rings (SSSR count). The van der Waals surface area contributed by atoms with E-state index in [9.17, 15) is 26.3 Å². The Morgan fingerprint density at radius 1 is 1.05 bits per heavy atom. The van der Waals surface area contributed by atoms with Gasteiger partial charge in [0.2, 0.25) is 0 Å². The van der Waals surface area contributed by atoms with Gasteiger partial charge in [-0.3, -0.25) is 0 Å². The highest BCUT2D eigenvalue weighted by atomic mass is 32.1. The topological polar surface area (TPSA) is 12.0 Å². The molecule has 0 spiro atoms. The summed E-state index contributed by atoms with van der Waals surface area (Å²) in [6.45, 7) is 3.58. The smallest absolute Gasteiger partial charge is 0.308 e. The molecule has 1 N–H and O–H groups in total.